The molecule has 3 nitrogen and oxygen atoms in total. The predicted octanol–water partition coefficient (Wildman–Crippen LogP) is 0.740. The molecule has 1 rings (SSSR count). The summed E-state index contributed by atoms with van der Waals surface area (Å²) in [5, 5.41) is 9.55. The Morgan fingerprint density at radius 1 is 1.43 bits per heavy atom. The smallest absolute Gasteiger partial charge is 0.0912 e. The summed E-state index contributed by atoms with van der Waals surface area (Å²) in [6, 6.07) is 7.90. The van der Waals surface area contributed by atoms with Crippen molar-refractivity contribution < 1.29 is 5.11 Å². The molecule has 14 heavy (non-hydrogen) atoms. The van der Waals surface area contributed by atoms with Gasteiger partial charge in [-0.2, -0.15) is 0 Å². The van der Waals surface area contributed by atoms with Gasteiger partial charge < -0.3 is 15.7 Å². The molecular weight excluding hydrogens is 176 g/mol. The van der Waals surface area contributed by atoms with Gasteiger partial charge in [0.05, 0.1) is 6.10 Å². The maximum atomic E-state index is 9.55. The van der Waals surface area contributed by atoms with Crippen molar-refractivity contribution in [2.75, 3.05) is 20.6 Å². The highest BCUT2D eigenvalue weighted by Gasteiger charge is 2.05. The van der Waals surface area contributed by atoms with Crippen molar-refractivity contribution in [2.45, 2.75) is 12.6 Å². The van der Waals surface area contributed by atoms with Crippen LogP contribution in [0.3, 0.4) is 0 Å². The van der Waals surface area contributed by atoms with Crippen LogP contribution in [0.1, 0.15) is 17.2 Å². The number of nitrogens with zero attached hydrogens (tertiary/aromatic N) is 1. The minimum atomic E-state index is -0.544. The largest absolute Gasteiger partial charge is 0.387 e. The lowest BCUT2D eigenvalue weighted by Crippen LogP contribution is -2.13. The van der Waals surface area contributed by atoms with Crippen molar-refractivity contribution in [1.82, 2.24) is 4.90 Å². The van der Waals surface area contributed by atoms with Gasteiger partial charge in [0.25, 0.3) is 0 Å². The van der Waals surface area contributed by atoms with Crippen molar-refractivity contribution in [3.05, 3.63) is 35.4 Å². The van der Waals surface area contributed by atoms with Crippen molar-refractivity contribution >= 4 is 0 Å². The van der Waals surface area contributed by atoms with E-state index in [-0.39, 0.29) is 6.54 Å². The third kappa shape index (κ3) is 3.10. The molecule has 1 aromatic rings. The number of aliphatic hydroxyl groups excluding tert-OH is 1. The van der Waals surface area contributed by atoms with Crippen molar-refractivity contribution in [1.29, 1.82) is 0 Å². The zero-order valence-electron chi connectivity index (χ0n) is 8.77. The Balaban J connectivity index is 2.78. The fraction of sp³-hybridized carbons (Fsp3) is 0.455. The fourth-order valence-electron chi connectivity index (χ4n) is 1.40. The third-order valence-electron chi connectivity index (χ3n) is 2.06. The highest BCUT2D eigenvalue weighted by atomic mass is 16.3. The van der Waals surface area contributed by atoms with Gasteiger partial charge in [0, 0.05) is 13.1 Å². The van der Waals surface area contributed by atoms with Crippen LogP contribution >= 0.6 is 0 Å². The summed E-state index contributed by atoms with van der Waals surface area (Å²) in [4.78, 5) is 2.09. The molecule has 0 aliphatic carbocycles. The second-order valence-corrected chi connectivity index (χ2v) is 3.73. The number of hydrogen-bond acceptors (Lipinski definition) is 3. The van der Waals surface area contributed by atoms with E-state index in [1.54, 1.807) is 0 Å². The number of benzene rings is 1. The van der Waals surface area contributed by atoms with Crippen LogP contribution in [-0.2, 0) is 6.54 Å². The van der Waals surface area contributed by atoms with E-state index in [1.807, 2.05) is 38.4 Å². The summed E-state index contributed by atoms with van der Waals surface area (Å²) in [6.07, 6.45) is -0.544. The topological polar surface area (TPSA) is 49.5 Å². The SMILES string of the molecule is CN(C)Cc1cccc(C(O)CN)c1. The normalized spacial score (nSPS) is 13.2. The molecule has 0 aromatic heterocycles. The van der Waals surface area contributed by atoms with Crippen LogP contribution in [-0.4, -0.2) is 30.6 Å². The molecule has 0 heterocycles. The summed E-state index contributed by atoms with van der Waals surface area (Å²) in [5.74, 6) is 0. The number of hydrogen-bond donors (Lipinski definition) is 2. The predicted molar refractivity (Wildman–Crippen MR) is 57.8 cm³/mol. The molecule has 0 amide bonds. The van der Waals surface area contributed by atoms with Gasteiger partial charge in [-0.15, -0.1) is 0 Å². The minimum Gasteiger partial charge on any atom is -0.387 e. The standard InChI is InChI=1S/C11H18N2O/c1-13(2)8-9-4-3-5-10(6-9)11(14)7-12/h3-6,11,14H,7-8,12H2,1-2H3. The number of rotatable bonds is 4. The Hall–Kier alpha value is -0.900. The molecule has 0 saturated heterocycles. The van der Waals surface area contributed by atoms with Gasteiger partial charge >= 0.3 is 0 Å². The van der Waals surface area contributed by atoms with Gasteiger partial charge in [0.15, 0.2) is 0 Å². The molecule has 0 bridgehead atoms. The molecule has 1 atom stereocenters. The Labute approximate surface area is 85.2 Å². The average Bonchev–Trinajstić information content (AvgIpc) is 2.16. The first-order valence-corrected chi connectivity index (χ1v) is 4.75. The molecule has 78 valence electrons. The first kappa shape index (κ1) is 11.2. The van der Waals surface area contributed by atoms with Crippen LogP contribution in [0.5, 0.6) is 0 Å². The monoisotopic (exact) mass is 194 g/mol. The quantitative estimate of drug-likeness (QED) is 0.743. The second-order valence-electron chi connectivity index (χ2n) is 3.73. The average molecular weight is 194 g/mol. The Morgan fingerprint density at radius 2 is 2.14 bits per heavy atom. The van der Waals surface area contributed by atoms with Crippen molar-refractivity contribution in [3.8, 4) is 0 Å². The summed E-state index contributed by atoms with van der Waals surface area (Å²) >= 11 is 0. The third-order valence-corrected chi connectivity index (χ3v) is 2.06. The first-order chi connectivity index (χ1) is 6.63. The highest BCUT2D eigenvalue weighted by molar-refractivity contribution is 5.25. The van der Waals surface area contributed by atoms with Gasteiger partial charge in [-0.3, -0.25) is 0 Å². The Morgan fingerprint density at radius 3 is 2.71 bits per heavy atom. The van der Waals surface area contributed by atoms with E-state index >= 15 is 0 Å². The summed E-state index contributed by atoms with van der Waals surface area (Å²) in [6.45, 7) is 1.15. The van der Waals surface area contributed by atoms with Gasteiger partial charge in [-0.05, 0) is 25.2 Å². The van der Waals surface area contributed by atoms with Gasteiger partial charge in [-0.1, -0.05) is 24.3 Å². The zero-order valence-corrected chi connectivity index (χ0v) is 8.77. The summed E-state index contributed by atoms with van der Waals surface area (Å²) in [7, 11) is 4.04. The molecule has 0 radical (unpaired) electrons. The number of nitrogens with two attached hydrogens (primary N) is 1. The highest BCUT2D eigenvalue weighted by Crippen LogP contribution is 2.14. The molecule has 0 saturated carbocycles. The van der Waals surface area contributed by atoms with Crippen LogP contribution < -0.4 is 5.73 Å². The minimum absolute atomic E-state index is 0.269. The second kappa shape index (κ2) is 5.10. The summed E-state index contributed by atoms with van der Waals surface area (Å²) in [5.41, 5.74) is 7.48. The summed E-state index contributed by atoms with van der Waals surface area (Å²) < 4.78 is 0. The van der Waals surface area contributed by atoms with E-state index in [0.29, 0.717) is 0 Å². The lowest BCUT2D eigenvalue weighted by atomic mass is 10.1. The van der Waals surface area contributed by atoms with E-state index in [9.17, 15) is 5.11 Å². The molecular formula is C11H18N2O. The molecule has 3 heteroatoms. The fourth-order valence-corrected chi connectivity index (χ4v) is 1.40. The zero-order chi connectivity index (χ0) is 10.6. The van der Waals surface area contributed by atoms with Crippen molar-refractivity contribution in [3.63, 3.8) is 0 Å². The maximum absolute atomic E-state index is 9.55. The molecule has 0 aliphatic heterocycles. The first-order valence-electron chi connectivity index (χ1n) is 4.75. The van der Waals surface area contributed by atoms with Crippen LogP contribution in [0.15, 0.2) is 24.3 Å². The Kier molecular flexibility index (Phi) is 4.07. The lowest BCUT2D eigenvalue weighted by Gasteiger charge is -2.13. The van der Waals surface area contributed by atoms with Crippen LogP contribution in [0.2, 0.25) is 0 Å². The molecule has 1 unspecified atom stereocenters. The van der Waals surface area contributed by atoms with Gasteiger partial charge in [0.2, 0.25) is 0 Å². The maximum Gasteiger partial charge on any atom is 0.0912 e. The number of aliphatic hydroxyl groups is 1. The molecule has 0 spiro atoms. The molecule has 3 N–H and O–H groups in total. The van der Waals surface area contributed by atoms with Crippen LogP contribution in [0.4, 0.5) is 0 Å². The van der Waals surface area contributed by atoms with Gasteiger partial charge in [0.1, 0.15) is 0 Å². The van der Waals surface area contributed by atoms with E-state index in [2.05, 4.69) is 4.90 Å². The van der Waals surface area contributed by atoms with E-state index < -0.39 is 6.10 Å². The molecule has 1 aromatic carbocycles. The molecule has 0 fully saturated rings. The molecule has 0 aliphatic rings. The van der Waals surface area contributed by atoms with Crippen LogP contribution in [0.25, 0.3) is 0 Å². The van der Waals surface area contributed by atoms with Gasteiger partial charge in [-0.25, -0.2) is 0 Å². The van der Waals surface area contributed by atoms with Crippen LogP contribution in [0, 0.1) is 0 Å². The Bertz CT molecular complexity index is 286. The van der Waals surface area contributed by atoms with E-state index in [4.69, 9.17) is 5.73 Å². The lowest BCUT2D eigenvalue weighted by molar-refractivity contribution is 0.186. The van der Waals surface area contributed by atoms with E-state index in [1.165, 1.54) is 5.56 Å². The van der Waals surface area contributed by atoms with Crippen molar-refractivity contribution in [2.24, 2.45) is 5.73 Å². The van der Waals surface area contributed by atoms with E-state index in [0.717, 1.165) is 12.1 Å².